The Bertz CT molecular complexity index is 680. The van der Waals surface area contributed by atoms with Crippen LogP contribution in [-0.4, -0.2) is 70.4 Å². The summed E-state index contributed by atoms with van der Waals surface area (Å²) in [4.78, 5) is 25.6. The van der Waals surface area contributed by atoms with Crippen LogP contribution in [0.2, 0.25) is 0 Å². The molecule has 0 saturated carbocycles. The number of carbonyl (C=O) groups is 2. The zero-order valence-corrected chi connectivity index (χ0v) is 15.9. The molecule has 27 heavy (non-hydrogen) atoms. The van der Waals surface area contributed by atoms with Crippen molar-refractivity contribution in [3.63, 3.8) is 0 Å². The van der Waals surface area contributed by atoms with E-state index >= 15 is 0 Å². The molecule has 1 heterocycles. The molecular weight excluding hydrogens is 360 g/mol. The number of benzene rings is 1. The van der Waals surface area contributed by atoms with Crippen LogP contribution in [0.3, 0.4) is 0 Å². The Morgan fingerprint density at radius 1 is 1.30 bits per heavy atom. The molecule has 0 aromatic heterocycles. The molecule has 0 aliphatic carbocycles. The van der Waals surface area contributed by atoms with Crippen molar-refractivity contribution in [3.05, 3.63) is 23.8 Å². The minimum Gasteiger partial charge on any atom is -0.442 e. The van der Waals surface area contributed by atoms with Crippen molar-refractivity contribution < 1.29 is 23.1 Å². The number of halogens is 2. The molecule has 1 aromatic rings. The van der Waals surface area contributed by atoms with Crippen molar-refractivity contribution in [2.24, 2.45) is 0 Å². The van der Waals surface area contributed by atoms with Crippen LogP contribution in [0.1, 0.15) is 6.92 Å². The summed E-state index contributed by atoms with van der Waals surface area (Å²) in [5.74, 6) is -1.78. The monoisotopic (exact) mass is 385 g/mol. The quantitative estimate of drug-likeness (QED) is 0.649. The van der Waals surface area contributed by atoms with E-state index in [2.05, 4.69) is 10.7 Å². The number of anilines is 2. The van der Waals surface area contributed by atoms with Crippen LogP contribution < -0.4 is 20.5 Å². The summed E-state index contributed by atoms with van der Waals surface area (Å²) in [6.07, 6.45) is -1.28. The Morgan fingerprint density at radius 3 is 2.48 bits per heavy atom. The predicted molar refractivity (Wildman–Crippen MR) is 97.6 cm³/mol. The lowest BCUT2D eigenvalue weighted by molar-refractivity contribution is -0.119. The molecule has 2 N–H and O–H groups in total. The number of cyclic esters (lactones) is 1. The van der Waals surface area contributed by atoms with Gasteiger partial charge >= 0.3 is 6.09 Å². The largest absolute Gasteiger partial charge is 0.442 e. The van der Waals surface area contributed by atoms with Crippen LogP contribution in [-0.2, 0) is 9.53 Å². The Hall–Kier alpha value is -2.46. The van der Waals surface area contributed by atoms with Crippen LogP contribution in [0.15, 0.2) is 12.1 Å². The Labute approximate surface area is 157 Å². The van der Waals surface area contributed by atoms with Gasteiger partial charge < -0.3 is 15.0 Å². The molecule has 0 radical (unpaired) electrons. The van der Waals surface area contributed by atoms with Gasteiger partial charge in [-0.3, -0.25) is 15.1 Å². The molecule has 0 bridgehead atoms. The minimum absolute atomic E-state index is 0.0739. The third-order valence-corrected chi connectivity index (χ3v) is 4.30. The van der Waals surface area contributed by atoms with Gasteiger partial charge in [0, 0.05) is 46.2 Å². The molecule has 0 spiro atoms. The van der Waals surface area contributed by atoms with Crippen molar-refractivity contribution in [1.82, 2.24) is 15.8 Å². The SMILES string of the molecule is CNN(C)CCN(C)c1c(F)cc(N2CC(CNC(C)=O)OC2=O)cc1F. The second kappa shape index (κ2) is 8.96. The molecule has 150 valence electrons. The maximum absolute atomic E-state index is 14.6. The standard InChI is InChI=1S/C17H25F2N5O3/c1-11(25)21-9-13-10-24(17(26)27-13)12-7-14(18)16(15(19)8-12)22(3)5-6-23(4)20-2/h7-8,13,20H,5-6,9-10H2,1-4H3,(H,21,25). The fourth-order valence-corrected chi connectivity index (χ4v) is 2.69. The van der Waals surface area contributed by atoms with Gasteiger partial charge in [-0.15, -0.1) is 0 Å². The maximum Gasteiger partial charge on any atom is 0.414 e. The van der Waals surface area contributed by atoms with Gasteiger partial charge in [0.25, 0.3) is 0 Å². The molecule has 10 heteroatoms. The average molecular weight is 385 g/mol. The highest BCUT2D eigenvalue weighted by Crippen LogP contribution is 2.30. The van der Waals surface area contributed by atoms with E-state index in [4.69, 9.17) is 4.74 Å². The van der Waals surface area contributed by atoms with Crippen LogP contribution in [0.25, 0.3) is 0 Å². The summed E-state index contributed by atoms with van der Waals surface area (Å²) in [6.45, 7) is 2.54. The first-order valence-corrected chi connectivity index (χ1v) is 8.54. The van der Waals surface area contributed by atoms with Gasteiger partial charge in [-0.1, -0.05) is 0 Å². The molecule has 2 rings (SSSR count). The summed E-state index contributed by atoms with van der Waals surface area (Å²) < 4.78 is 34.2. The number of carbonyl (C=O) groups excluding carboxylic acids is 2. The van der Waals surface area contributed by atoms with Gasteiger partial charge in [0.1, 0.15) is 11.8 Å². The number of hydrazine groups is 1. The fraction of sp³-hybridized carbons (Fsp3) is 0.529. The Balaban J connectivity index is 2.11. The van der Waals surface area contributed by atoms with Crippen LogP contribution in [0.5, 0.6) is 0 Å². The van der Waals surface area contributed by atoms with Gasteiger partial charge in [0.2, 0.25) is 5.91 Å². The van der Waals surface area contributed by atoms with E-state index in [1.165, 1.54) is 11.8 Å². The lowest BCUT2D eigenvalue weighted by Crippen LogP contribution is -2.38. The first-order valence-electron chi connectivity index (χ1n) is 8.54. The molecular formula is C17H25F2N5O3. The van der Waals surface area contributed by atoms with Crippen LogP contribution in [0.4, 0.5) is 25.0 Å². The third kappa shape index (κ3) is 5.27. The second-order valence-corrected chi connectivity index (χ2v) is 6.38. The normalized spacial score (nSPS) is 16.6. The van der Waals surface area contributed by atoms with Gasteiger partial charge in [-0.25, -0.2) is 18.6 Å². The van der Waals surface area contributed by atoms with E-state index in [0.717, 1.165) is 17.0 Å². The summed E-state index contributed by atoms with van der Waals surface area (Å²) in [5, 5.41) is 4.34. The highest BCUT2D eigenvalue weighted by molar-refractivity contribution is 5.90. The van der Waals surface area contributed by atoms with Crippen molar-refractivity contribution in [2.45, 2.75) is 13.0 Å². The van der Waals surface area contributed by atoms with Crippen molar-refractivity contribution in [3.8, 4) is 0 Å². The lowest BCUT2D eigenvalue weighted by atomic mass is 10.2. The number of hydrogen-bond donors (Lipinski definition) is 2. The van der Waals surface area contributed by atoms with E-state index in [0.29, 0.717) is 13.1 Å². The highest BCUT2D eigenvalue weighted by atomic mass is 19.1. The lowest BCUT2D eigenvalue weighted by Gasteiger charge is -2.24. The topological polar surface area (TPSA) is 77.2 Å². The average Bonchev–Trinajstić information content (AvgIpc) is 2.98. The van der Waals surface area contributed by atoms with Gasteiger partial charge in [-0.2, -0.15) is 0 Å². The van der Waals surface area contributed by atoms with Gasteiger partial charge in [0.05, 0.1) is 18.8 Å². The number of likely N-dealkylation sites (N-methyl/N-ethyl adjacent to an activating group) is 2. The first-order chi connectivity index (χ1) is 12.7. The highest BCUT2D eigenvalue weighted by Gasteiger charge is 2.33. The molecule has 1 aliphatic rings. The third-order valence-electron chi connectivity index (χ3n) is 4.30. The molecule has 8 nitrogen and oxygen atoms in total. The number of amides is 2. The number of nitrogens with one attached hydrogen (secondary N) is 2. The smallest absolute Gasteiger partial charge is 0.414 e. The van der Waals surface area contributed by atoms with E-state index in [-0.39, 0.29) is 30.4 Å². The molecule has 1 saturated heterocycles. The molecule has 1 aliphatic heterocycles. The Morgan fingerprint density at radius 2 is 1.93 bits per heavy atom. The minimum atomic E-state index is -0.766. The summed E-state index contributed by atoms with van der Waals surface area (Å²) in [6, 6.07) is 2.22. The van der Waals surface area contributed by atoms with Crippen molar-refractivity contribution in [1.29, 1.82) is 0 Å². The maximum atomic E-state index is 14.6. The van der Waals surface area contributed by atoms with E-state index in [9.17, 15) is 18.4 Å². The van der Waals surface area contributed by atoms with Gasteiger partial charge in [-0.05, 0) is 7.05 Å². The van der Waals surface area contributed by atoms with Crippen molar-refractivity contribution in [2.75, 3.05) is 57.1 Å². The van der Waals surface area contributed by atoms with E-state index in [1.807, 2.05) is 7.05 Å². The second-order valence-electron chi connectivity index (χ2n) is 6.38. The molecule has 1 aromatic carbocycles. The number of rotatable bonds is 8. The molecule has 1 unspecified atom stereocenters. The number of ether oxygens (including phenoxy) is 1. The number of hydrogen-bond acceptors (Lipinski definition) is 6. The van der Waals surface area contributed by atoms with Crippen LogP contribution in [0, 0.1) is 11.6 Å². The molecule has 2 amide bonds. The predicted octanol–water partition coefficient (Wildman–Crippen LogP) is 0.928. The summed E-state index contributed by atoms with van der Waals surface area (Å²) in [7, 11) is 5.17. The van der Waals surface area contributed by atoms with E-state index in [1.54, 1.807) is 19.1 Å². The summed E-state index contributed by atoms with van der Waals surface area (Å²) >= 11 is 0. The number of nitrogens with zero attached hydrogens (tertiary/aromatic N) is 3. The van der Waals surface area contributed by atoms with Gasteiger partial charge in [0.15, 0.2) is 11.6 Å². The Kier molecular flexibility index (Phi) is 6.92. The first kappa shape index (κ1) is 20.8. The molecule has 1 atom stereocenters. The summed E-state index contributed by atoms with van der Waals surface area (Å²) in [5.41, 5.74) is 2.82. The zero-order valence-electron chi connectivity index (χ0n) is 15.9. The molecule has 1 fully saturated rings. The van der Waals surface area contributed by atoms with Crippen LogP contribution >= 0.6 is 0 Å². The van der Waals surface area contributed by atoms with E-state index < -0.39 is 23.8 Å². The fourth-order valence-electron chi connectivity index (χ4n) is 2.69. The zero-order chi connectivity index (χ0) is 20.1. The van der Waals surface area contributed by atoms with Crippen molar-refractivity contribution >= 4 is 23.4 Å².